The number of hydrogen-bond donors (Lipinski definition) is 2. The van der Waals surface area contributed by atoms with Crippen LogP contribution in [-0.2, 0) is 16.0 Å². The van der Waals surface area contributed by atoms with Gasteiger partial charge in [0.15, 0.2) is 0 Å². The maximum Gasteiger partial charge on any atom is 0.306 e. The second kappa shape index (κ2) is 8.92. The number of carbonyl (C=O) groups is 2. The molecule has 0 bridgehead atoms. The molecule has 1 aliphatic carbocycles. The third kappa shape index (κ3) is 5.13. The second-order valence-corrected chi connectivity index (χ2v) is 6.55. The van der Waals surface area contributed by atoms with Gasteiger partial charge in [0.05, 0.1) is 12.5 Å². The van der Waals surface area contributed by atoms with E-state index in [1.807, 2.05) is 19.1 Å². The lowest BCUT2D eigenvalue weighted by molar-refractivity contribution is -0.144. The van der Waals surface area contributed by atoms with Crippen molar-refractivity contribution in [1.29, 1.82) is 0 Å². The molecule has 6 heteroatoms. The molecule has 5 nitrogen and oxygen atoms in total. The minimum atomic E-state index is -0.752. The maximum absolute atomic E-state index is 12.2. The summed E-state index contributed by atoms with van der Waals surface area (Å²) in [5.74, 6) is -0.323. The van der Waals surface area contributed by atoms with Crippen molar-refractivity contribution in [3.05, 3.63) is 28.8 Å². The molecule has 0 aromatic heterocycles. The molecule has 0 radical (unpaired) electrons. The van der Waals surface area contributed by atoms with Crippen molar-refractivity contribution >= 4 is 23.5 Å². The van der Waals surface area contributed by atoms with Crippen LogP contribution in [0.2, 0.25) is 5.02 Å². The van der Waals surface area contributed by atoms with Crippen molar-refractivity contribution in [3.8, 4) is 5.75 Å². The Morgan fingerprint density at radius 3 is 2.54 bits per heavy atom. The summed E-state index contributed by atoms with van der Waals surface area (Å²) in [5.41, 5.74) is 0.972. The topological polar surface area (TPSA) is 75.6 Å². The number of rotatable bonds is 7. The zero-order valence-corrected chi connectivity index (χ0v) is 14.6. The van der Waals surface area contributed by atoms with Crippen molar-refractivity contribution < 1.29 is 19.4 Å². The third-order valence-corrected chi connectivity index (χ3v) is 4.70. The lowest BCUT2D eigenvalue weighted by atomic mass is 9.81. The van der Waals surface area contributed by atoms with Gasteiger partial charge in [-0.3, -0.25) is 9.59 Å². The van der Waals surface area contributed by atoms with Crippen LogP contribution < -0.4 is 10.1 Å². The Morgan fingerprint density at radius 1 is 1.25 bits per heavy atom. The fraction of sp³-hybridized carbons (Fsp3) is 0.556. The number of amides is 1. The highest BCUT2D eigenvalue weighted by Gasteiger charge is 2.29. The average Bonchev–Trinajstić information content (AvgIpc) is 2.57. The molecule has 1 aromatic carbocycles. The van der Waals surface area contributed by atoms with E-state index in [9.17, 15) is 9.59 Å². The quantitative estimate of drug-likeness (QED) is 0.788. The van der Waals surface area contributed by atoms with Crippen LogP contribution in [0.5, 0.6) is 5.75 Å². The molecule has 0 heterocycles. The van der Waals surface area contributed by atoms with Gasteiger partial charge in [-0.25, -0.2) is 0 Å². The van der Waals surface area contributed by atoms with Gasteiger partial charge in [-0.05, 0) is 62.8 Å². The van der Waals surface area contributed by atoms with E-state index in [1.165, 1.54) is 0 Å². The minimum absolute atomic E-state index is 0.0128. The van der Waals surface area contributed by atoms with E-state index in [2.05, 4.69) is 5.32 Å². The largest absolute Gasteiger partial charge is 0.494 e. The number of nitrogens with one attached hydrogen (secondary N) is 1. The fourth-order valence-electron chi connectivity index (χ4n) is 3.11. The van der Waals surface area contributed by atoms with Gasteiger partial charge in [-0.15, -0.1) is 0 Å². The highest BCUT2D eigenvalue weighted by Crippen LogP contribution is 2.29. The normalized spacial score (nSPS) is 20.4. The minimum Gasteiger partial charge on any atom is -0.494 e. The first kappa shape index (κ1) is 18.6. The Labute approximate surface area is 147 Å². The summed E-state index contributed by atoms with van der Waals surface area (Å²) in [5, 5.41) is 12.6. The van der Waals surface area contributed by atoms with Gasteiger partial charge in [0, 0.05) is 17.5 Å². The Hall–Kier alpha value is -1.75. The molecule has 0 unspecified atom stereocenters. The van der Waals surface area contributed by atoms with Gasteiger partial charge < -0.3 is 15.2 Å². The predicted octanol–water partition coefficient (Wildman–Crippen LogP) is 3.29. The molecule has 1 amide bonds. The van der Waals surface area contributed by atoms with Crippen LogP contribution in [0.1, 0.15) is 38.2 Å². The van der Waals surface area contributed by atoms with E-state index in [1.54, 1.807) is 6.07 Å². The molecule has 132 valence electrons. The van der Waals surface area contributed by atoms with Crippen LogP contribution in [-0.4, -0.2) is 30.1 Å². The number of aliphatic carboxylic acids is 1. The summed E-state index contributed by atoms with van der Waals surface area (Å²) in [6.45, 7) is 3.01. The van der Waals surface area contributed by atoms with E-state index in [-0.39, 0.29) is 17.7 Å². The van der Waals surface area contributed by atoms with Crippen molar-refractivity contribution in [3.63, 3.8) is 0 Å². The van der Waals surface area contributed by atoms with E-state index < -0.39 is 5.97 Å². The van der Waals surface area contributed by atoms with Crippen molar-refractivity contribution in [2.45, 2.75) is 39.0 Å². The lowest BCUT2D eigenvalue weighted by Crippen LogP contribution is -2.35. The molecule has 1 aromatic rings. The molecule has 0 spiro atoms. The van der Waals surface area contributed by atoms with Gasteiger partial charge in [0.1, 0.15) is 5.75 Å². The van der Waals surface area contributed by atoms with Crippen LogP contribution in [0.15, 0.2) is 18.2 Å². The summed E-state index contributed by atoms with van der Waals surface area (Å²) >= 11 is 6.03. The molecule has 0 atom stereocenters. The van der Waals surface area contributed by atoms with E-state index in [4.69, 9.17) is 21.4 Å². The van der Waals surface area contributed by atoms with Crippen LogP contribution >= 0.6 is 11.6 Å². The molecular formula is C18H24ClNO4. The molecule has 2 N–H and O–H groups in total. The van der Waals surface area contributed by atoms with Gasteiger partial charge in [0.2, 0.25) is 5.91 Å². The van der Waals surface area contributed by atoms with E-state index >= 15 is 0 Å². The molecule has 0 saturated heterocycles. The fourth-order valence-corrected chi connectivity index (χ4v) is 3.30. The zero-order chi connectivity index (χ0) is 17.5. The highest BCUT2D eigenvalue weighted by molar-refractivity contribution is 6.30. The predicted molar refractivity (Wildman–Crippen MR) is 92.4 cm³/mol. The number of ether oxygens (including phenoxy) is 1. The molecule has 24 heavy (non-hydrogen) atoms. The number of hydrogen-bond acceptors (Lipinski definition) is 3. The van der Waals surface area contributed by atoms with Gasteiger partial charge in [-0.2, -0.15) is 0 Å². The van der Waals surface area contributed by atoms with Crippen LogP contribution in [0.4, 0.5) is 0 Å². The first-order valence-electron chi connectivity index (χ1n) is 8.43. The summed E-state index contributed by atoms with van der Waals surface area (Å²) in [7, 11) is 0. The Balaban J connectivity index is 1.81. The second-order valence-electron chi connectivity index (χ2n) is 6.11. The Bertz CT molecular complexity index is 582. The molecule has 2 rings (SSSR count). The van der Waals surface area contributed by atoms with Gasteiger partial charge in [0.25, 0.3) is 0 Å². The van der Waals surface area contributed by atoms with Crippen molar-refractivity contribution in [1.82, 2.24) is 5.32 Å². The average molecular weight is 354 g/mol. The number of benzene rings is 1. The van der Waals surface area contributed by atoms with Crippen molar-refractivity contribution in [2.24, 2.45) is 11.8 Å². The SMILES string of the molecule is CCOc1ccc(Cl)cc1CCNC(=O)C1CCC(C(=O)O)CC1. The maximum atomic E-state index is 12.2. The Morgan fingerprint density at radius 2 is 1.92 bits per heavy atom. The summed E-state index contributed by atoms with van der Waals surface area (Å²) < 4.78 is 5.57. The van der Waals surface area contributed by atoms with Crippen LogP contribution in [0.25, 0.3) is 0 Å². The first-order chi connectivity index (χ1) is 11.5. The van der Waals surface area contributed by atoms with E-state index in [0.29, 0.717) is 50.3 Å². The number of carboxylic acid groups (broad SMARTS) is 1. The summed E-state index contributed by atoms with van der Waals surface area (Å²) in [4.78, 5) is 23.2. The molecule has 1 aliphatic rings. The first-order valence-corrected chi connectivity index (χ1v) is 8.80. The number of carbonyl (C=O) groups excluding carboxylic acids is 1. The van der Waals surface area contributed by atoms with E-state index in [0.717, 1.165) is 11.3 Å². The Kier molecular flexibility index (Phi) is 6.91. The van der Waals surface area contributed by atoms with Gasteiger partial charge in [-0.1, -0.05) is 11.6 Å². The molecular weight excluding hydrogens is 330 g/mol. The van der Waals surface area contributed by atoms with Crippen LogP contribution in [0.3, 0.4) is 0 Å². The summed E-state index contributed by atoms with van der Waals surface area (Å²) in [6, 6.07) is 5.49. The number of halogens is 1. The monoisotopic (exact) mass is 353 g/mol. The van der Waals surface area contributed by atoms with Crippen molar-refractivity contribution in [2.75, 3.05) is 13.2 Å². The molecule has 1 fully saturated rings. The van der Waals surface area contributed by atoms with Crippen LogP contribution in [0, 0.1) is 11.8 Å². The smallest absolute Gasteiger partial charge is 0.306 e. The molecule has 0 aliphatic heterocycles. The zero-order valence-electron chi connectivity index (χ0n) is 13.9. The number of carboxylic acids is 1. The highest BCUT2D eigenvalue weighted by atomic mass is 35.5. The van der Waals surface area contributed by atoms with Gasteiger partial charge >= 0.3 is 5.97 Å². The lowest BCUT2D eigenvalue weighted by Gasteiger charge is -2.25. The third-order valence-electron chi connectivity index (χ3n) is 4.46. The summed E-state index contributed by atoms with van der Waals surface area (Å²) in [6.07, 6.45) is 3.09. The molecule has 1 saturated carbocycles. The standard InChI is InChI=1S/C18H24ClNO4/c1-2-24-16-8-7-15(19)11-14(16)9-10-20-17(21)12-3-5-13(6-4-12)18(22)23/h7-8,11-13H,2-6,9-10H2,1H3,(H,20,21)(H,22,23).